The first-order valence-electron chi connectivity index (χ1n) is 12.1. The maximum absolute atomic E-state index is 12.6. The van der Waals surface area contributed by atoms with Crippen LogP contribution in [0.25, 0.3) is 0 Å². The van der Waals surface area contributed by atoms with E-state index in [0.29, 0.717) is 39.3 Å². The number of hydrogen-bond acceptors (Lipinski definition) is 8. The van der Waals surface area contributed by atoms with Crippen molar-refractivity contribution in [2.24, 2.45) is 15.0 Å². The van der Waals surface area contributed by atoms with Crippen LogP contribution in [0.1, 0.15) is 77.0 Å². The Balaban J connectivity index is 4.28. The summed E-state index contributed by atoms with van der Waals surface area (Å²) in [6, 6.07) is -0.931. The third kappa shape index (κ3) is 20.8. The van der Waals surface area contributed by atoms with Crippen LogP contribution in [0.3, 0.4) is 0 Å². The molecule has 0 aromatic carbocycles. The number of imide groups is 1. The van der Waals surface area contributed by atoms with E-state index in [0.717, 1.165) is 77.0 Å². The molecule has 2 N–H and O–H groups in total. The average molecular weight is 479 g/mol. The van der Waals surface area contributed by atoms with Crippen molar-refractivity contribution < 1.29 is 24.0 Å². The summed E-state index contributed by atoms with van der Waals surface area (Å²) < 4.78 is 0. The van der Waals surface area contributed by atoms with Crippen LogP contribution in [0, 0.1) is 0 Å². The molecule has 0 saturated heterocycles. The van der Waals surface area contributed by atoms with E-state index in [1.807, 2.05) is 0 Å². The molecule has 0 aliphatic carbocycles. The molecule has 0 radical (unpaired) electrons. The van der Waals surface area contributed by atoms with Crippen LogP contribution in [-0.4, -0.2) is 74.5 Å². The highest BCUT2D eigenvalue weighted by atomic mass is 16.2. The molecule has 0 aromatic heterocycles. The molecule has 4 amide bonds. The highest BCUT2D eigenvalue weighted by molar-refractivity contribution is 5.93. The topological polar surface area (TPSA) is 150 Å². The van der Waals surface area contributed by atoms with Crippen molar-refractivity contribution in [3.8, 4) is 0 Å². The Labute approximate surface area is 201 Å². The van der Waals surface area contributed by atoms with E-state index in [4.69, 9.17) is 0 Å². The van der Waals surface area contributed by atoms with E-state index >= 15 is 0 Å². The molecule has 0 fully saturated rings. The number of amides is 4. The molecule has 0 rings (SSSR count). The van der Waals surface area contributed by atoms with Gasteiger partial charge in [0.15, 0.2) is 0 Å². The molecule has 0 atom stereocenters. The number of isocyanates is 3. The van der Waals surface area contributed by atoms with Gasteiger partial charge in [0.1, 0.15) is 0 Å². The van der Waals surface area contributed by atoms with Gasteiger partial charge in [0.05, 0.1) is 19.6 Å². The number of carbonyl (C=O) groups excluding carboxylic acids is 5. The lowest BCUT2D eigenvalue weighted by Gasteiger charge is -2.23. The molecule has 0 saturated carbocycles. The lowest BCUT2D eigenvalue weighted by atomic mass is 10.1. The number of hydrogen-bond donors (Lipinski definition) is 2. The second-order valence-electron chi connectivity index (χ2n) is 7.83. The van der Waals surface area contributed by atoms with Gasteiger partial charge in [-0.3, -0.25) is 5.32 Å². The normalized spacial score (nSPS) is 9.76. The summed E-state index contributed by atoms with van der Waals surface area (Å²) in [6.07, 6.45) is 14.7. The van der Waals surface area contributed by atoms with E-state index < -0.39 is 12.1 Å². The van der Waals surface area contributed by atoms with Crippen LogP contribution in [-0.2, 0) is 14.4 Å². The number of aliphatic imine (C=N–C) groups is 3. The molecular weight excluding hydrogens is 440 g/mol. The van der Waals surface area contributed by atoms with E-state index in [1.165, 1.54) is 18.2 Å². The minimum absolute atomic E-state index is 0.416. The van der Waals surface area contributed by atoms with E-state index in [9.17, 15) is 24.0 Å². The number of carbonyl (C=O) groups is 2. The molecule has 0 aliphatic heterocycles. The summed E-state index contributed by atoms with van der Waals surface area (Å²) >= 11 is 0. The lowest BCUT2D eigenvalue weighted by Crippen LogP contribution is -2.47. The number of urea groups is 2. The molecule has 11 heteroatoms. The average Bonchev–Trinajstić information content (AvgIpc) is 2.83. The monoisotopic (exact) mass is 478 g/mol. The Morgan fingerprint density at radius 2 is 1.00 bits per heavy atom. The smallest absolute Gasteiger partial charge is 0.325 e. The fourth-order valence-corrected chi connectivity index (χ4v) is 3.24. The standard InChI is InChI=1S/C23H38N6O5/c30-19-24-13-7-1-2-10-16-27-22(33)28-23(34)29(17-11-5-3-8-14-25-20-31)18-12-6-4-9-15-26-21-32/h1-18H2,(H2,27,28,33,34). The van der Waals surface area contributed by atoms with Gasteiger partial charge in [-0.25, -0.2) is 38.9 Å². The number of nitrogens with one attached hydrogen (secondary N) is 2. The van der Waals surface area contributed by atoms with E-state index in [2.05, 4.69) is 25.6 Å². The highest BCUT2D eigenvalue weighted by Crippen LogP contribution is 2.06. The van der Waals surface area contributed by atoms with Gasteiger partial charge in [0.25, 0.3) is 0 Å². The molecule has 34 heavy (non-hydrogen) atoms. The summed E-state index contributed by atoms with van der Waals surface area (Å²) in [5.74, 6) is 0. The molecule has 0 spiro atoms. The van der Waals surface area contributed by atoms with Gasteiger partial charge in [-0.05, 0) is 38.5 Å². The van der Waals surface area contributed by atoms with Gasteiger partial charge < -0.3 is 10.2 Å². The fraction of sp³-hybridized carbons (Fsp3) is 0.783. The summed E-state index contributed by atoms with van der Waals surface area (Å²) in [6.45, 7) is 2.94. The largest absolute Gasteiger partial charge is 0.338 e. The first kappa shape index (κ1) is 30.9. The first-order valence-corrected chi connectivity index (χ1v) is 12.1. The van der Waals surface area contributed by atoms with Gasteiger partial charge in [-0.15, -0.1) is 0 Å². The predicted octanol–water partition coefficient (Wildman–Crippen LogP) is 3.40. The maximum atomic E-state index is 12.6. The summed E-state index contributed by atoms with van der Waals surface area (Å²) in [7, 11) is 0. The van der Waals surface area contributed by atoms with E-state index in [1.54, 1.807) is 4.90 Å². The summed E-state index contributed by atoms with van der Waals surface area (Å²) in [5.41, 5.74) is 0. The van der Waals surface area contributed by atoms with Crippen LogP contribution >= 0.6 is 0 Å². The Kier molecular flexibility index (Phi) is 22.3. The van der Waals surface area contributed by atoms with Crippen molar-refractivity contribution in [3.63, 3.8) is 0 Å². The Hall–Kier alpha value is -3.12. The first-order chi connectivity index (χ1) is 16.7. The second-order valence-corrected chi connectivity index (χ2v) is 7.83. The zero-order chi connectivity index (χ0) is 25.1. The van der Waals surface area contributed by atoms with Crippen LogP contribution in [0.2, 0.25) is 0 Å². The zero-order valence-electron chi connectivity index (χ0n) is 20.1. The zero-order valence-corrected chi connectivity index (χ0v) is 20.1. The third-order valence-electron chi connectivity index (χ3n) is 5.08. The molecule has 0 aliphatic rings. The highest BCUT2D eigenvalue weighted by Gasteiger charge is 2.15. The molecule has 0 heterocycles. The van der Waals surface area contributed by atoms with E-state index in [-0.39, 0.29) is 0 Å². The summed E-state index contributed by atoms with van der Waals surface area (Å²) in [4.78, 5) is 67.0. The molecular formula is C23H38N6O5. The van der Waals surface area contributed by atoms with Crippen molar-refractivity contribution in [1.29, 1.82) is 0 Å². The quantitative estimate of drug-likeness (QED) is 0.147. The van der Waals surface area contributed by atoms with Crippen LogP contribution in [0.4, 0.5) is 9.59 Å². The molecule has 0 bridgehead atoms. The molecule has 0 unspecified atom stereocenters. The van der Waals surface area contributed by atoms with Crippen LogP contribution in [0.5, 0.6) is 0 Å². The van der Waals surface area contributed by atoms with Gasteiger partial charge in [0.2, 0.25) is 18.2 Å². The van der Waals surface area contributed by atoms with Gasteiger partial charge in [-0.1, -0.05) is 38.5 Å². The lowest BCUT2D eigenvalue weighted by molar-refractivity contribution is 0.192. The SMILES string of the molecule is O=C=NCCCCCCNC(=O)NC(=O)N(CCCCCCN=C=O)CCCCCCN=C=O. The maximum Gasteiger partial charge on any atom is 0.325 e. The van der Waals surface area contributed by atoms with Crippen LogP contribution in [0.15, 0.2) is 15.0 Å². The minimum atomic E-state index is -0.515. The third-order valence-corrected chi connectivity index (χ3v) is 5.08. The van der Waals surface area contributed by atoms with Gasteiger partial charge >= 0.3 is 12.1 Å². The second kappa shape index (κ2) is 24.5. The number of rotatable bonds is 21. The minimum Gasteiger partial charge on any atom is -0.338 e. The van der Waals surface area contributed by atoms with Gasteiger partial charge in [-0.2, -0.15) is 0 Å². The van der Waals surface area contributed by atoms with Crippen molar-refractivity contribution in [3.05, 3.63) is 0 Å². The molecule has 11 nitrogen and oxygen atoms in total. The summed E-state index contributed by atoms with van der Waals surface area (Å²) in [5, 5.41) is 5.09. The Bertz CT molecular complexity index is 668. The van der Waals surface area contributed by atoms with Crippen molar-refractivity contribution in [2.75, 3.05) is 39.3 Å². The molecule has 0 aromatic rings. The predicted molar refractivity (Wildman–Crippen MR) is 128 cm³/mol. The Morgan fingerprint density at radius 3 is 1.44 bits per heavy atom. The number of unbranched alkanes of at least 4 members (excludes halogenated alkanes) is 9. The fourth-order valence-electron chi connectivity index (χ4n) is 3.24. The van der Waals surface area contributed by atoms with Crippen molar-refractivity contribution >= 4 is 30.3 Å². The molecule has 190 valence electrons. The van der Waals surface area contributed by atoms with Crippen LogP contribution < -0.4 is 10.6 Å². The Morgan fingerprint density at radius 1 is 0.588 bits per heavy atom. The van der Waals surface area contributed by atoms with Crippen molar-refractivity contribution in [1.82, 2.24) is 15.5 Å². The number of nitrogens with zero attached hydrogens (tertiary/aromatic N) is 4. The van der Waals surface area contributed by atoms with Crippen molar-refractivity contribution in [2.45, 2.75) is 77.0 Å². The van der Waals surface area contributed by atoms with Gasteiger partial charge in [0, 0.05) is 19.6 Å².